The van der Waals surface area contributed by atoms with Crippen LogP contribution in [0.5, 0.6) is 0 Å². The van der Waals surface area contributed by atoms with Crippen LogP contribution in [0, 0.1) is 6.92 Å². The first kappa shape index (κ1) is 12.1. The lowest BCUT2D eigenvalue weighted by atomic mass is 10.1. The minimum atomic E-state index is -0.219. The summed E-state index contributed by atoms with van der Waals surface area (Å²) in [4.78, 5) is 16.0. The highest BCUT2D eigenvalue weighted by Crippen LogP contribution is 2.16. The van der Waals surface area contributed by atoms with Gasteiger partial charge in [-0.2, -0.15) is 5.10 Å². The van der Waals surface area contributed by atoms with Crippen LogP contribution >= 0.6 is 0 Å². The zero-order valence-electron chi connectivity index (χ0n) is 10.3. The smallest absolute Gasteiger partial charge is 0.253 e. The van der Waals surface area contributed by atoms with Gasteiger partial charge in [0.15, 0.2) is 5.82 Å². The largest absolute Gasteiger partial charge is 0.398 e. The quantitative estimate of drug-likeness (QED) is 0.777. The van der Waals surface area contributed by atoms with Gasteiger partial charge in [-0.15, -0.1) is 0 Å². The second kappa shape index (κ2) is 4.87. The number of rotatable bonds is 3. The molecule has 0 aliphatic rings. The predicted octanol–water partition coefficient (Wildman–Crippen LogP) is 0.636. The molecule has 6 heteroatoms. The van der Waals surface area contributed by atoms with Crippen molar-refractivity contribution in [1.82, 2.24) is 20.1 Å². The molecule has 0 spiro atoms. The van der Waals surface area contributed by atoms with E-state index in [2.05, 4.69) is 15.4 Å². The number of aromatic nitrogens is 3. The Bertz CT molecular complexity index is 576. The number of carbonyl (C=O) groups is 1. The fourth-order valence-corrected chi connectivity index (χ4v) is 1.60. The number of nitrogens with two attached hydrogens (primary N) is 1. The highest BCUT2D eigenvalue weighted by molar-refractivity contribution is 5.99. The third kappa shape index (κ3) is 2.48. The van der Waals surface area contributed by atoms with E-state index < -0.39 is 0 Å². The lowest BCUT2D eigenvalue weighted by Crippen LogP contribution is -2.24. The molecule has 1 amide bonds. The molecule has 2 rings (SSSR count). The van der Waals surface area contributed by atoms with Crippen LogP contribution in [-0.2, 0) is 13.6 Å². The van der Waals surface area contributed by atoms with E-state index in [0.29, 0.717) is 17.1 Å². The molecule has 0 bridgehead atoms. The van der Waals surface area contributed by atoms with Gasteiger partial charge in [-0.3, -0.25) is 9.48 Å². The molecule has 0 aliphatic heterocycles. The number of hydrogen-bond donors (Lipinski definition) is 2. The number of hydrogen-bond acceptors (Lipinski definition) is 4. The van der Waals surface area contributed by atoms with Crippen LogP contribution in [0.3, 0.4) is 0 Å². The van der Waals surface area contributed by atoms with Gasteiger partial charge in [0, 0.05) is 12.7 Å². The molecular weight excluding hydrogens is 230 g/mol. The summed E-state index contributed by atoms with van der Waals surface area (Å²) in [6.45, 7) is 2.15. The molecule has 0 fully saturated rings. The zero-order valence-corrected chi connectivity index (χ0v) is 10.3. The topological polar surface area (TPSA) is 85.8 Å². The molecule has 0 atom stereocenters. The predicted molar refractivity (Wildman–Crippen MR) is 67.8 cm³/mol. The van der Waals surface area contributed by atoms with E-state index in [-0.39, 0.29) is 12.5 Å². The molecule has 1 aromatic carbocycles. The minimum absolute atomic E-state index is 0.219. The van der Waals surface area contributed by atoms with Gasteiger partial charge in [0.25, 0.3) is 5.91 Å². The molecule has 0 saturated heterocycles. The fourth-order valence-electron chi connectivity index (χ4n) is 1.60. The third-order valence-corrected chi connectivity index (χ3v) is 2.62. The van der Waals surface area contributed by atoms with Gasteiger partial charge < -0.3 is 11.1 Å². The Hall–Kier alpha value is -2.37. The summed E-state index contributed by atoms with van der Waals surface area (Å²) in [6, 6.07) is 5.37. The number of anilines is 1. The number of aryl methyl sites for hydroxylation is 2. The number of amides is 1. The van der Waals surface area contributed by atoms with E-state index in [1.807, 2.05) is 13.0 Å². The number of benzene rings is 1. The van der Waals surface area contributed by atoms with Crippen LogP contribution in [0.15, 0.2) is 24.5 Å². The van der Waals surface area contributed by atoms with E-state index in [4.69, 9.17) is 5.73 Å². The van der Waals surface area contributed by atoms with Gasteiger partial charge in [-0.25, -0.2) is 4.98 Å². The summed E-state index contributed by atoms with van der Waals surface area (Å²) >= 11 is 0. The van der Waals surface area contributed by atoms with Crippen molar-refractivity contribution < 1.29 is 4.79 Å². The van der Waals surface area contributed by atoms with Crippen molar-refractivity contribution >= 4 is 11.6 Å². The number of nitrogens with zero attached hydrogens (tertiary/aromatic N) is 3. The van der Waals surface area contributed by atoms with E-state index >= 15 is 0 Å². The molecule has 1 heterocycles. The first-order chi connectivity index (χ1) is 8.58. The Morgan fingerprint density at radius 2 is 2.28 bits per heavy atom. The molecule has 0 unspecified atom stereocenters. The molecular formula is C12H15N5O. The van der Waals surface area contributed by atoms with Gasteiger partial charge in [-0.1, -0.05) is 12.1 Å². The Kier molecular flexibility index (Phi) is 3.27. The maximum Gasteiger partial charge on any atom is 0.253 e. The van der Waals surface area contributed by atoms with Crippen LogP contribution in [-0.4, -0.2) is 20.7 Å². The molecule has 0 aliphatic carbocycles. The minimum Gasteiger partial charge on any atom is -0.398 e. The molecule has 0 saturated carbocycles. The monoisotopic (exact) mass is 245 g/mol. The van der Waals surface area contributed by atoms with Gasteiger partial charge in [0.1, 0.15) is 6.33 Å². The van der Waals surface area contributed by atoms with Gasteiger partial charge >= 0.3 is 0 Å². The molecule has 1 aromatic heterocycles. The van der Waals surface area contributed by atoms with E-state index in [9.17, 15) is 4.79 Å². The summed E-state index contributed by atoms with van der Waals surface area (Å²) < 4.78 is 1.59. The normalized spacial score (nSPS) is 10.3. The first-order valence-corrected chi connectivity index (χ1v) is 5.55. The summed E-state index contributed by atoms with van der Waals surface area (Å²) in [6.07, 6.45) is 1.59. The highest BCUT2D eigenvalue weighted by Gasteiger charge is 2.11. The zero-order chi connectivity index (χ0) is 13.1. The maximum atomic E-state index is 11.9. The van der Waals surface area contributed by atoms with Crippen LogP contribution in [0.1, 0.15) is 21.7 Å². The molecule has 18 heavy (non-hydrogen) atoms. The number of nitrogens with one attached hydrogen (secondary N) is 1. The standard InChI is InChI=1S/C12H15N5O/c1-8-4-3-5-9(11(8)13)12(18)14-6-10-15-7-17(2)16-10/h3-5,7H,6,13H2,1-2H3,(H,14,18). The second-order valence-corrected chi connectivity index (χ2v) is 4.05. The number of nitrogen functional groups attached to an aromatic ring is 1. The summed E-state index contributed by atoms with van der Waals surface area (Å²) in [5.74, 6) is 0.348. The summed E-state index contributed by atoms with van der Waals surface area (Å²) in [5.41, 5.74) is 7.73. The lowest BCUT2D eigenvalue weighted by molar-refractivity contribution is 0.0950. The lowest BCUT2D eigenvalue weighted by Gasteiger charge is -2.07. The molecule has 2 aromatic rings. The van der Waals surface area contributed by atoms with Crippen molar-refractivity contribution in [1.29, 1.82) is 0 Å². The Morgan fingerprint density at radius 3 is 2.94 bits per heavy atom. The van der Waals surface area contributed by atoms with Crippen molar-refractivity contribution in [2.24, 2.45) is 7.05 Å². The molecule has 94 valence electrons. The van der Waals surface area contributed by atoms with E-state index in [0.717, 1.165) is 5.56 Å². The molecule has 6 nitrogen and oxygen atoms in total. The third-order valence-electron chi connectivity index (χ3n) is 2.62. The van der Waals surface area contributed by atoms with Crippen LogP contribution < -0.4 is 11.1 Å². The Morgan fingerprint density at radius 1 is 1.50 bits per heavy atom. The maximum absolute atomic E-state index is 11.9. The van der Waals surface area contributed by atoms with Gasteiger partial charge in [0.2, 0.25) is 0 Å². The number of para-hydroxylation sites is 1. The SMILES string of the molecule is Cc1cccc(C(=O)NCc2ncn(C)n2)c1N. The average molecular weight is 245 g/mol. The molecule has 0 radical (unpaired) electrons. The fraction of sp³-hybridized carbons (Fsp3) is 0.250. The van der Waals surface area contributed by atoms with Crippen molar-refractivity contribution in [3.63, 3.8) is 0 Å². The summed E-state index contributed by atoms with van der Waals surface area (Å²) in [7, 11) is 1.77. The van der Waals surface area contributed by atoms with Crippen molar-refractivity contribution in [2.45, 2.75) is 13.5 Å². The number of carbonyl (C=O) groups excluding carboxylic acids is 1. The van der Waals surface area contributed by atoms with Gasteiger partial charge in [-0.05, 0) is 18.6 Å². The van der Waals surface area contributed by atoms with Crippen molar-refractivity contribution in [2.75, 3.05) is 5.73 Å². The Labute approximate surface area is 105 Å². The van der Waals surface area contributed by atoms with Crippen LogP contribution in [0.2, 0.25) is 0 Å². The first-order valence-electron chi connectivity index (χ1n) is 5.55. The van der Waals surface area contributed by atoms with Gasteiger partial charge in [0.05, 0.1) is 12.1 Å². The van der Waals surface area contributed by atoms with Crippen LogP contribution in [0.25, 0.3) is 0 Å². The Balaban J connectivity index is 2.06. The second-order valence-electron chi connectivity index (χ2n) is 4.05. The van der Waals surface area contributed by atoms with E-state index in [1.165, 1.54) is 0 Å². The van der Waals surface area contributed by atoms with E-state index in [1.54, 1.807) is 30.2 Å². The highest BCUT2D eigenvalue weighted by atomic mass is 16.1. The van der Waals surface area contributed by atoms with Crippen LogP contribution in [0.4, 0.5) is 5.69 Å². The van der Waals surface area contributed by atoms with Crippen molar-refractivity contribution in [3.8, 4) is 0 Å². The summed E-state index contributed by atoms with van der Waals surface area (Å²) in [5, 5.41) is 6.82. The van der Waals surface area contributed by atoms with Crippen molar-refractivity contribution in [3.05, 3.63) is 41.5 Å². The molecule has 3 N–H and O–H groups in total. The average Bonchev–Trinajstić information content (AvgIpc) is 2.76.